The molecule has 84 valence electrons. The van der Waals surface area contributed by atoms with Crippen LogP contribution in [0.5, 0.6) is 0 Å². The van der Waals surface area contributed by atoms with Gasteiger partial charge in [-0.3, -0.25) is 4.79 Å². The third-order valence-corrected chi connectivity index (χ3v) is 2.76. The van der Waals surface area contributed by atoms with Gasteiger partial charge in [0.2, 0.25) is 0 Å². The molecule has 1 atom stereocenters. The van der Waals surface area contributed by atoms with Crippen LogP contribution in [-0.2, 0) is 0 Å². The Hall–Kier alpha value is -1.32. The van der Waals surface area contributed by atoms with Crippen molar-refractivity contribution in [3.63, 3.8) is 0 Å². The molecule has 0 spiro atoms. The van der Waals surface area contributed by atoms with E-state index in [1.807, 2.05) is 0 Å². The largest absolute Gasteiger partial charge is 0.365 e. The molecule has 0 saturated heterocycles. The molecule has 0 aliphatic heterocycles. The van der Waals surface area contributed by atoms with Crippen LogP contribution in [0.2, 0.25) is 0 Å². The SMILES string of the molecule is CC(CNc1ncc[nH]c1=O)C(C)(C)C. The minimum absolute atomic E-state index is 0.168. The molecular formula is C11H19N3O. The predicted octanol–water partition coefficient (Wildman–Crippen LogP) is 1.86. The summed E-state index contributed by atoms with van der Waals surface area (Å²) in [4.78, 5) is 17.9. The van der Waals surface area contributed by atoms with E-state index in [1.54, 1.807) is 6.20 Å². The molecular weight excluding hydrogens is 190 g/mol. The highest BCUT2D eigenvalue weighted by Gasteiger charge is 2.19. The van der Waals surface area contributed by atoms with Crippen molar-refractivity contribution < 1.29 is 0 Å². The van der Waals surface area contributed by atoms with Crippen LogP contribution in [0.15, 0.2) is 17.2 Å². The summed E-state index contributed by atoms with van der Waals surface area (Å²) in [6.07, 6.45) is 3.10. The summed E-state index contributed by atoms with van der Waals surface area (Å²) in [5.41, 5.74) is 0.0627. The van der Waals surface area contributed by atoms with Crippen LogP contribution in [-0.4, -0.2) is 16.5 Å². The van der Waals surface area contributed by atoms with Crippen molar-refractivity contribution >= 4 is 5.82 Å². The zero-order valence-corrected chi connectivity index (χ0v) is 9.79. The molecule has 1 rings (SSSR count). The third-order valence-electron chi connectivity index (χ3n) is 2.76. The monoisotopic (exact) mass is 209 g/mol. The van der Waals surface area contributed by atoms with Crippen molar-refractivity contribution in [3.8, 4) is 0 Å². The molecule has 4 nitrogen and oxygen atoms in total. The predicted molar refractivity (Wildman–Crippen MR) is 62.0 cm³/mol. The lowest BCUT2D eigenvalue weighted by molar-refractivity contribution is 0.274. The highest BCUT2D eigenvalue weighted by atomic mass is 16.1. The van der Waals surface area contributed by atoms with Gasteiger partial charge in [0.05, 0.1) is 0 Å². The van der Waals surface area contributed by atoms with Gasteiger partial charge in [-0.05, 0) is 11.3 Å². The number of nitrogens with zero attached hydrogens (tertiary/aromatic N) is 1. The quantitative estimate of drug-likeness (QED) is 0.799. The molecule has 0 saturated carbocycles. The summed E-state index contributed by atoms with van der Waals surface area (Å²) >= 11 is 0. The molecule has 1 heterocycles. The Morgan fingerprint density at radius 1 is 1.53 bits per heavy atom. The summed E-state index contributed by atoms with van der Waals surface area (Å²) in [5, 5.41) is 3.06. The molecule has 2 N–H and O–H groups in total. The number of aromatic nitrogens is 2. The normalized spacial score (nSPS) is 13.6. The Labute approximate surface area is 90.1 Å². The zero-order chi connectivity index (χ0) is 11.5. The van der Waals surface area contributed by atoms with Gasteiger partial charge in [0.25, 0.3) is 5.56 Å². The average molecular weight is 209 g/mol. The van der Waals surface area contributed by atoms with Gasteiger partial charge in [0.1, 0.15) is 0 Å². The molecule has 0 aromatic carbocycles. The first-order chi connectivity index (χ1) is 6.91. The van der Waals surface area contributed by atoms with Crippen LogP contribution < -0.4 is 10.9 Å². The summed E-state index contributed by atoms with van der Waals surface area (Å²) in [6, 6.07) is 0. The van der Waals surface area contributed by atoms with Crippen molar-refractivity contribution in [1.82, 2.24) is 9.97 Å². The van der Waals surface area contributed by atoms with Crippen molar-refractivity contribution in [2.45, 2.75) is 27.7 Å². The first kappa shape index (κ1) is 11.8. The smallest absolute Gasteiger partial charge is 0.290 e. The fourth-order valence-corrected chi connectivity index (χ4v) is 1.03. The second kappa shape index (κ2) is 4.47. The van der Waals surface area contributed by atoms with E-state index in [1.165, 1.54) is 6.20 Å². The van der Waals surface area contributed by atoms with E-state index in [2.05, 4.69) is 43.0 Å². The van der Waals surface area contributed by atoms with Crippen LogP contribution in [0, 0.1) is 11.3 Å². The zero-order valence-electron chi connectivity index (χ0n) is 9.79. The Kier molecular flexibility index (Phi) is 3.50. The third kappa shape index (κ3) is 3.38. The van der Waals surface area contributed by atoms with Crippen LogP contribution in [0.25, 0.3) is 0 Å². The van der Waals surface area contributed by atoms with E-state index in [0.717, 1.165) is 6.54 Å². The summed E-state index contributed by atoms with van der Waals surface area (Å²) in [7, 11) is 0. The van der Waals surface area contributed by atoms with Gasteiger partial charge in [0, 0.05) is 18.9 Å². The number of hydrogen-bond donors (Lipinski definition) is 2. The van der Waals surface area contributed by atoms with Gasteiger partial charge in [0.15, 0.2) is 5.82 Å². The first-order valence-corrected chi connectivity index (χ1v) is 5.19. The lowest BCUT2D eigenvalue weighted by atomic mass is 9.82. The Morgan fingerprint density at radius 3 is 2.73 bits per heavy atom. The number of rotatable bonds is 3. The fraction of sp³-hybridized carbons (Fsp3) is 0.636. The van der Waals surface area contributed by atoms with Gasteiger partial charge in [-0.25, -0.2) is 4.98 Å². The maximum Gasteiger partial charge on any atom is 0.290 e. The van der Waals surface area contributed by atoms with Crippen LogP contribution in [0.4, 0.5) is 5.82 Å². The standard InChI is InChI=1S/C11H19N3O/c1-8(11(2,3)4)7-14-9-10(15)13-6-5-12-9/h5-6,8H,7H2,1-4H3,(H,12,14)(H,13,15). The highest BCUT2D eigenvalue weighted by Crippen LogP contribution is 2.24. The summed E-state index contributed by atoms with van der Waals surface area (Å²) in [5.74, 6) is 0.868. The maximum atomic E-state index is 11.3. The summed E-state index contributed by atoms with van der Waals surface area (Å²) < 4.78 is 0. The minimum atomic E-state index is -0.168. The molecule has 0 fully saturated rings. The number of nitrogens with one attached hydrogen (secondary N) is 2. The van der Waals surface area contributed by atoms with E-state index >= 15 is 0 Å². The number of hydrogen-bond acceptors (Lipinski definition) is 3. The molecule has 0 amide bonds. The lowest BCUT2D eigenvalue weighted by Crippen LogP contribution is -2.27. The number of anilines is 1. The first-order valence-electron chi connectivity index (χ1n) is 5.19. The van der Waals surface area contributed by atoms with Gasteiger partial charge in [-0.1, -0.05) is 27.7 Å². The maximum absolute atomic E-state index is 11.3. The Balaban J connectivity index is 2.59. The van der Waals surface area contributed by atoms with Crippen LogP contribution in [0.1, 0.15) is 27.7 Å². The fourth-order valence-electron chi connectivity index (χ4n) is 1.03. The number of H-pyrrole nitrogens is 1. The Morgan fingerprint density at radius 2 is 2.20 bits per heavy atom. The van der Waals surface area contributed by atoms with E-state index in [0.29, 0.717) is 11.7 Å². The molecule has 4 heteroatoms. The molecule has 0 aliphatic rings. The highest BCUT2D eigenvalue weighted by molar-refractivity contribution is 5.29. The van der Waals surface area contributed by atoms with Crippen LogP contribution in [0.3, 0.4) is 0 Å². The van der Waals surface area contributed by atoms with E-state index in [-0.39, 0.29) is 11.0 Å². The van der Waals surface area contributed by atoms with Gasteiger partial charge in [-0.15, -0.1) is 0 Å². The summed E-state index contributed by atoms with van der Waals surface area (Å²) in [6.45, 7) is 9.46. The number of aromatic amines is 1. The van der Waals surface area contributed by atoms with Gasteiger partial charge in [-0.2, -0.15) is 0 Å². The minimum Gasteiger partial charge on any atom is -0.365 e. The topological polar surface area (TPSA) is 57.8 Å². The van der Waals surface area contributed by atoms with Crippen molar-refractivity contribution in [2.24, 2.45) is 11.3 Å². The van der Waals surface area contributed by atoms with Crippen molar-refractivity contribution in [2.75, 3.05) is 11.9 Å². The van der Waals surface area contributed by atoms with Crippen molar-refractivity contribution in [3.05, 3.63) is 22.7 Å². The molecule has 1 aromatic rings. The second-order valence-electron chi connectivity index (χ2n) is 4.91. The van der Waals surface area contributed by atoms with Crippen molar-refractivity contribution in [1.29, 1.82) is 0 Å². The van der Waals surface area contributed by atoms with E-state index in [9.17, 15) is 4.79 Å². The second-order valence-corrected chi connectivity index (χ2v) is 4.91. The molecule has 0 bridgehead atoms. The molecule has 1 aromatic heterocycles. The molecule has 15 heavy (non-hydrogen) atoms. The molecule has 0 aliphatic carbocycles. The lowest BCUT2D eigenvalue weighted by Gasteiger charge is -2.27. The molecule has 1 unspecified atom stereocenters. The van der Waals surface area contributed by atoms with E-state index in [4.69, 9.17) is 0 Å². The van der Waals surface area contributed by atoms with Gasteiger partial charge < -0.3 is 10.3 Å². The van der Waals surface area contributed by atoms with Crippen LogP contribution >= 0.6 is 0 Å². The average Bonchev–Trinajstić information content (AvgIpc) is 2.14. The van der Waals surface area contributed by atoms with Gasteiger partial charge >= 0.3 is 0 Å². The van der Waals surface area contributed by atoms with E-state index < -0.39 is 0 Å². The molecule has 0 radical (unpaired) electrons. The Bertz CT molecular complexity index is 365.